The van der Waals surface area contributed by atoms with Crippen LogP contribution in [0.25, 0.3) is 10.1 Å². The molecule has 3 saturated heterocycles. The van der Waals surface area contributed by atoms with Crippen LogP contribution in [0, 0.1) is 0 Å². The first-order valence-corrected chi connectivity index (χ1v) is 15.8. The molecule has 0 saturated carbocycles. The van der Waals surface area contributed by atoms with Crippen LogP contribution >= 0.6 is 22.9 Å². The standard InChI is InChI=1S/C25H34ClN5O5S2/c26-20-4-3-19-16-24(37-22(19)17-20)38(34,35)27-21-2-1-5-31(25(21)33)18-23(32)30-10-8-28(9-11-30)6-7-29-12-14-36-15-13-29/h3-4,16-17,21,27H,1-2,5-15,18H2. The first kappa shape index (κ1) is 27.8. The van der Waals surface area contributed by atoms with Gasteiger partial charge in [-0.2, -0.15) is 4.72 Å². The molecule has 0 radical (unpaired) electrons. The van der Waals surface area contributed by atoms with Gasteiger partial charge >= 0.3 is 0 Å². The van der Waals surface area contributed by atoms with Crippen molar-refractivity contribution in [2.75, 3.05) is 78.7 Å². The Labute approximate surface area is 232 Å². The Hall–Kier alpha value is -1.80. The third-order valence-corrected chi connectivity index (χ3v) is 10.7. The molecule has 1 unspecified atom stereocenters. The minimum Gasteiger partial charge on any atom is -0.379 e. The first-order chi connectivity index (χ1) is 18.3. The average molecular weight is 584 g/mol. The zero-order valence-electron chi connectivity index (χ0n) is 21.3. The summed E-state index contributed by atoms with van der Waals surface area (Å²) in [5, 5.41) is 1.32. The number of rotatable bonds is 8. The summed E-state index contributed by atoms with van der Waals surface area (Å²) in [4.78, 5) is 34.2. The Morgan fingerprint density at radius 1 is 1.03 bits per heavy atom. The Balaban J connectivity index is 1.11. The van der Waals surface area contributed by atoms with Gasteiger partial charge in [-0.3, -0.25) is 19.4 Å². The van der Waals surface area contributed by atoms with Crippen molar-refractivity contribution in [2.24, 2.45) is 0 Å². The summed E-state index contributed by atoms with van der Waals surface area (Å²) >= 11 is 7.15. The van der Waals surface area contributed by atoms with Gasteiger partial charge in [0.2, 0.25) is 11.8 Å². The van der Waals surface area contributed by atoms with E-state index in [4.69, 9.17) is 16.3 Å². The van der Waals surface area contributed by atoms with E-state index in [-0.39, 0.29) is 22.6 Å². The summed E-state index contributed by atoms with van der Waals surface area (Å²) in [6.45, 7) is 8.83. The van der Waals surface area contributed by atoms with Crippen LogP contribution in [0.2, 0.25) is 5.02 Å². The second kappa shape index (κ2) is 12.2. The molecule has 3 aliphatic heterocycles. The molecule has 13 heteroatoms. The molecule has 1 N–H and O–H groups in total. The third-order valence-electron chi connectivity index (χ3n) is 7.44. The number of morpholine rings is 1. The number of sulfonamides is 1. The number of thiophene rings is 1. The SMILES string of the molecule is O=C(CN1CCCC(NS(=O)(=O)c2cc3ccc(Cl)cc3s2)C1=O)N1CCN(CCN2CCOCC2)CC1. The van der Waals surface area contributed by atoms with Crippen LogP contribution in [-0.4, -0.2) is 125 Å². The molecule has 0 spiro atoms. The van der Waals surface area contributed by atoms with E-state index in [2.05, 4.69) is 14.5 Å². The maximum Gasteiger partial charge on any atom is 0.250 e. The summed E-state index contributed by atoms with van der Waals surface area (Å²) in [6, 6.07) is 5.92. The Bertz CT molecular complexity index is 1260. The van der Waals surface area contributed by atoms with E-state index in [1.165, 1.54) is 4.90 Å². The van der Waals surface area contributed by atoms with Crippen LogP contribution in [0.15, 0.2) is 28.5 Å². The van der Waals surface area contributed by atoms with Crippen molar-refractivity contribution >= 4 is 54.9 Å². The zero-order valence-corrected chi connectivity index (χ0v) is 23.7. The molecule has 10 nitrogen and oxygen atoms in total. The number of piperazine rings is 1. The fourth-order valence-corrected chi connectivity index (χ4v) is 8.07. The number of hydrogen-bond donors (Lipinski definition) is 1. The Morgan fingerprint density at radius 3 is 2.47 bits per heavy atom. The molecule has 4 heterocycles. The van der Waals surface area contributed by atoms with Crippen LogP contribution in [-0.2, 0) is 24.3 Å². The Morgan fingerprint density at radius 2 is 1.74 bits per heavy atom. The van der Waals surface area contributed by atoms with Gasteiger partial charge in [0.1, 0.15) is 10.3 Å². The van der Waals surface area contributed by atoms with Crippen molar-refractivity contribution in [3.05, 3.63) is 29.3 Å². The molecular formula is C25H34ClN5O5S2. The van der Waals surface area contributed by atoms with E-state index in [0.717, 1.165) is 73.9 Å². The fourth-order valence-electron chi connectivity index (χ4n) is 5.16. The second-order valence-electron chi connectivity index (χ2n) is 10.00. The lowest BCUT2D eigenvalue weighted by atomic mass is 10.1. The van der Waals surface area contributed by atoms with Gasteiger partial charge in [0.25, 0.3) is 10.0 Å². The highest BCUT2D eigenvalue weighted by atomic mass is 35.5. The lowest BCUT2D eigenvalue weighted by molar-refractivity contribution is -0.144. The smallest absolute Gasteiger partial charge is 0.250 e. The van der Waals surface area contributed by atoms with E-state index in [1.54, 1.807) is 24.3 Å². The fraction of sp³-hybridized carbons (Fsp3) is 0.600. The first-order valence-electron chi connectivity index (χ1n) is 13.1. The topological polar surface area (TPSA) is 102 Å². The van der Waals surface area contributed by atoms with Crippen LogP contribution < -0.4 is 4.72 Å². The molecule has 0 aliphatic carbocycles. The van der Waals surface area contributed by atoms with Gasteiger partial charge in [-0.15, -0.1) is 11.3 Å². The summed E-state index contributed by atoms with van der Waals surface area (Å²) < 4.78 is 35.0. The molecule has 1 aromatic heterocycles. The quantitative estimate of drug-likeness (QED) is 0.500. The van der Waals surface area contributed by atoms with Gasteiger partial charge in [0.15, 0.2) is 0 Å². The molecule has 1 aromatic carbocycles. The number of likely N-dealkylation sites (tertiary alicyclic amines) is 1. The molecule has 1 atom stereocenters. The van der Waals surface area contributed by atoms with Gasteiger partial charge in [-0.25, -0.2) is 8.42 Å². The molecule has 5 rings (SSSR count). The number of nitrogens with one attached hydrogen (secondary N) is 1. The third kappa shape index (κ3) is 6.67. The van der Waals surface area contributed by atoms with Crippen molar-refractivity contribution in [3.63, 3.8) is 0 Å². The van der Waals surface area contributed by atoms with Crippen LogP contribution in [0.5, 0.6) is 0 Å². The lowest BCUT2D eigenvalue weighted by Crippen LogP contribution is -2.56. The number of nitrogens with zero attached hydrogens (tertiary/aromatic N) is 4. The van der Waals surface area contributed by atoms with E-state index >= 15 is 0 Å². The maximum atomic E-state index is 13.1. The summed E-state index contributed by atoms with van der Waals surface area (Å²) in [5.41, 5.74) is 0. The summed E-state index contributed by atoms with van der Waals surface area (Å²) in [5.74, 6) is -0.433. The lowest BCUT2D eigenvalue weighted by Gasteiger charge is -2.38. The number of amides is 2. The van der Waals surface area contributed by atoms with E-state index in [0.29, 0.717) is 37.5 Å². The van der Waals surface area contributed by atoms with Crippen molar-refractivity contribution in [3.8, 4) is 0 Å². The highest BCUT2D eigenvalue weighted by Crippen LogP contribution is 2.31. The minimum absolute atomic E-state index is 0.0216. The number of benzene rings is 1. The van der Waals surface area contributed by atoms with Crippen LogP contribution in [0.4, 0.5) is 0 Å². The monoisotopic (exact) mass is 583 g/mol. The van der Waals surface area contributed by atoms with Gasteiger partial charge in [0, 0.05) is 68.6 Å². The normalized spacial score (nSPS) is 22.3. The van der Waals surface area contributed by atoms with Crippen LogP contribution in [0.1, 0.15) is 12.8 Å². The van der Waals surface area contributed by atoms with Gasteiger partial charge < -0.3 is 14.5 Å². The minimum atomic E-state index is -3.89. The number of carbonyl (C=O) groups excluding carboxylic acids is 2. The molecular weight excluding hydrogens is 550 g/mol. The van der Waals surface area contributed by atoms with Gasteiger partial charge in [0.05, 0.1) is 19.8 Å². The summed E-state index contributed by atoms with van der Waals surface area (Å²) in [6.07, 6.45) is 1.03. The number of fused-ring (bicyclic) bond motifs is 1. The van der Waals surface area contributed by atoms with Crippen molar-refractivity contribution < 1.29 is 22.7 Å². The predicted molar refractivity (Wildman–Crippen MR) is 147 cm³/mol. The maximum absolute atomic E-state index is 13.1. The zero-order chi connectivity index (χ0) is 26.7. The number of halogens is 1. The second-order valence-corrected chi connectivity index (χ2v) is 13.5. The number of ether oxygens (including phenoxy) is 1. The molecule has 38 heavy (non-hydrogen) atoms. The highest BCUT2D eigenvalue weighted by molar-refractivity contribution is 7.91. The number of piperidine rings is 1. The van der Waals surface area contributed by atoms with E-state index < -0.39 is 16.1 Å². The van der Waals surface area contributed by atoms with Crippen molar-refractivity contribution in [2.45, 2.75) is 23.1 Å². The van der Waals surface area contributed by atoms with Gasteiger partial charge in [-0.05, 0) is 36.4 Å². The highest BCUT2D eigenvalue weighted by Gasteiger charge is 2.35. The number of carbonyl (C=O) groups is 2. The molecule has 0 bridgehead atoms. The molecule has 3 aliphatic rings. The van der Waals surface area contributed by atoms with E-state index in [9.17, 15) is 18.0 Å². The van der Waals surface area contributed by atoms with Crippen molar-refractivity contribution in [1.29, 1.82) is 0 Å². The molecule has 3 fully saturated rings. The van der Waals surface area contributed by atoms with Crippen LogP contribution in [0.3, 0.4) is 0 Å². The predicted octanol–water partition coefficient (Wildman–Crippen LogP) is 1.30. The van der Waals surface area contributed by atoms with E-state index in [1.807, 2.05) is 4.90 Å². The molecule has 208 valence electrons. The van der Waals surface area contributed by atoms with Crippen molar-refractivity contribution in [1.82, 2.24) is 24.3 Å². The molecule has 2 amide bonds. The summed E-state index contributed by atoms with van der Waals surface area (Å²) in [7, 11) is -3.89. The van der Waals surface area contributed by atoms with Gasteiger partial charge in [-0.1, -0.05) is 17.7 Å². The Kier molecular flexibility index (Phi) is 8.88. The molecule has 2 aromatic rings. The number of hydrogen-bond acceptors (Lipinski definition) is 8. The average Bonchev–Trinajstić information content (AvgIpc) is 3.35. The largest absolute Gasteiger partial charge is 0.379 e.